The minimum absolute atomic E-state index is 0.107. The topological polar surface area (TPSA) is 84.2 Å². The fraction of sp³-hybridized carbons (Fsp3) is 0.176. The number of primary amides is 1. The highest BCUT2D eigenvalue weighted by Crippen LogP contribution is 2.16. The molecule has 22 heavy (non-hydrogen) atoms. The Hall–Kier alpha value is -2.82. The zero-order valence-corrected chi connectivity index (χ0v) is 12.6. The molecule has 114 valence electrons. The van der Waals surface area contributed by atoms with Crippen molar-refractivity contribution in [3.05, 3.63) is 59.2 Å². The van der Waals surface area contributed by atoms with Crippen LogP contribution in [0.25, 0.3) is 0 Å². The summed E-state index contributed by atoms with van der Waals surface area (Å²) in [6, 6.07) is 12.6. The lowest BCUT2D eigenvalue weighted by Gasteiger charge is -2.11. The molecule has 0 aromatic heterocycles. The van der Waals surface area contributed by atoms with Crippen LogP contribution < -0.4 is 16.4 Å². The first-order valence-corrected chi connectivity index (χ1v) is 6.96. The van der Waals surface area contributed by atoms with E-state index in [9.17, 15) is 9.59 Å². The molecule has 2 aromatic carbocycles. The highest BCUT2D eigenvalue weighted by molar-refractivity contribution is 5.95. The van der Waals surface area contributed by atoms with Crippen molar-refractivity contribution in [2.75, 3.05) is 17.2 Å². The van der Waals surface area contributed by atoms with Crippen molar-refractivity contribution in [3.8, 4) is 0 Å². The van der Waals surface area contributed by atoms with Gasteiger partial charge >= 0.3 is 0 Å². The second-order valence-electron chi connectivity index (χ2n) is 5.17. The second kappa shape index (κ2) is 6.76. The molecule has 2 aromatic rings. The predicted molar refractivity (Wildman–Crippen MR) is 88.0 cm³/mol. The summed E-state index contributed by atoms with van der Waals surface area (Å²) in [5.41, 5.74) is 9.26. The second-order valence-corrected chi connectivity index (χ2v) is 5.17. The highest BCUT2D eigenvalue weighted by Gasteiger charge is 2.06. The van der Waals surface area contributed by atoms with Crippen molar-refractivity contribution in [3.63, 3.8) is 0 Å². The lowest BCUT2D eigenvalue weighted by molar-refractivity contribution is -0.114. The van der Waals surface area contributed by atoms with Gasteiger partial charge in [-0.15, -0.1) is 0 Å². The summed E-state index contributed by atoms with van der Waals surface area (Å²) < 4.78 is 0. The third-order valence-electron chi connectivity index (χ3n) is 3.26. The predicted octanol–water partition coefficient (Wildman–Crippen LogP) is 2.45. The molecule has 2 amide bonds. The van der Waals surface area contributed by atoms with Gasteiger partial charge in [-0.2, -0.15) is 0 Å². The van der Waals surface area contributed by atoms with E-state index in [0.717, 1.165) is 16.8 Å². The van der Waals surface area contributed by atoms with E-state index in [4.69, 9.17) is 5.73 Å². The van der Waals surface area contributed by atoms with Gasteiger partial charge in [0.15, 0.2) is 0 Å². The Morgan fingerprint density at radius 1 is 1.09 bits per heavy atom. The maximum atomic E-state index is 12.0. The molecule has 0 spiro atoms. The Bertz CT molecular complexity index is 711. The van der Waals surface area contributed by atoms with Gasteiger partial charge in [-0.05, 0) is 43.7 Å². The molecule has 0 fully saturated rings. The maximum Gasteiger partial charge on any atom is 0.248 e. The smallest absolute Gasteiger partial charge is 0.248 e. The SMILES string of the molecule is Cc1ccc(NC(=O)CNc2cccc(C(N)=O)c2)c(C)c1. The number of carbonyl (C=O) groups is 2. The number of carbonyl (C=O) groups excluding carboxylic acids is 2. The summed E-state index contributed by atoms with van der Waals surface area (Å²) in [4.78, 5) is 23.1. The van der Waals surface area contributed by atoms with Crippen LogP contribution >= 0.6 is 0 Å². The van der Waals surface area contributed by atoms with Crippen LogP contribution in [0.2, 0.25) is 0 Å². The summed E-state index contributed by atoms with van der Waals surface area (Å²) in [7, 11) is 0. The normalized spacial score (nSPS) is 10.1. The fourth-order valence-electron chi connectivity index (χ4n) is 2.11. The van der Waals surface area contributed by atoms with Gasteiger partial charge in [0.1, 0.15) is 0 Å². The van der Waals surface area contributed by atoms with Crippen LogP contribution in [0, 0.1) is 13.8 Å². The van der Waals surface area contributed by atoms with Crippen LogP contribution in [0.5, 0.6) is 0 Å². The van der Waals surface area contributed by atoms with Crippen molar-refractivity contribution in [1.29, 1.82) is 0 Å². The van der Waals surface area contributed by atoms with Gasteiger partial charge in [0.05, 0.1) is 6.54 Å². The molecule has 0 unspecified atom stereocenters. The number of benzene rings is 2. The Labute approximate surface area is 129 Å². The van der Waals surface area contributed by atoms with Crippen molar-refractivity contribution >= 4 is 23.2 Å². The summed E-state index contributed by atoms with van der Waals surface area (Å²) in [5, 5.41) is 5.82. The van der Waals surface area contributed by atoms with Gasteiger partial charge in [0.25, 0.3) is 0 Å². The number of hydrogen-bond acceptors (Lipinski definition) is 3. The van der Waals surface area contributed by atoms with Gasteiger partial charge in [-0.3, -0.25) is 9.59 Å². The van der Waals surface area contributed by atoms with E-state index in [1.54, 1.807) is 24.3 Å². The molecular formula is C17H19N3O2. The van der Waals surface area contributed by atoms with Crippen LogP contribution in [0.1, 0.15) is 21.5 Å². The average molecular weight is 297 g/mol. The summed E-state index contributed by atoms with van der Waals surface area (Å²) in [6.07, 6.45) is 0. The van der Waals surface area contributed by atoms with Gasteiger partial charge in [-0.25, -0.2) is 0 Å². The van der Waals surface area contributed by atoms with E-state index in [-0.39, 0.29) is 12.5 Å². The lowest BCUT2D eigenvalue weighted by Crippen LogP contribution is -2.22. The van der Waals surface area contributed by atoms with Crippen LogP contribution in [0.15, 0.2) is 42.5 Å². The highest BCUT2D eigenvalue weighted by atomic mass is 16.2. The van der Waals surface area contributed by atoms with Crippen molar-refractivity contribution in [2.45, 2.75) is 13.8 Å². The largest absolute Gasteiger partial charge is 0.376 e. The van der Waals surface area contributed by atoms with E-state index in [2.05, 4.69) is 10.6 Å². The maximum absolute atomic E-state index is 12.0. The van der Waals surface area contributed by atoms with E-state index in [1.165, 1.54) is 0 Å². The number of nitrogens with one attached hydrogen (secondary N) is 2. The van der Waals surface area contributed by atoms with Crippen LogP contribution in [0.4, 0.5) is 11.4 Å². The van der Waals surface area contributed by atoms with E-state index >= 15 is 0 Å². The quantitative estimate of drug-likeness (QED) is 0.792. The molecule has 4 N–H and O–H groups in total. The molecule has 0 bridgehead atoms. The number of aryl methyl sites for hydroxylation is 2. The molecular weight excluding hydrogens is 278 g/mol. The molecule has 0 radical (unpaired) electrons. The van der Waals surface area contributed by atoms with E-state index in [0.29, 0.717) is 11.3 Å². The third-order valence-corrected chi connectivity index (χ3v) is 3.26. The molecule has 0 saturated carbocycles. The average Bonchev–Trinajstić information content (AvgIpc) is 2.48. The molecule has 0 aliphatic rings. The van der Waals surface area contributed by atoms with Gasteiger partial charge in [0, 0.05) is 16.9 Å². The molecule has 2 rings (SSSR count). The van der Waals surface area contributed by atoms with Crippen LogP contribution in [-0.4, -0.2) is 18.4 Å². The first-order chi connectivity index (χ1) is 10.5. The standard InChI is InChI=1S/C17H19N3O2/c1-11-6-7-15(12(2)8-11)20-16(21)10-19-14-5-3-4-13(9-14)17(18)22/h3-9,19H,10H2,1-2H3,(H2,18,22)(H,20,21). The lowest BCUT2D eigenvalue weighted by atomic mass is 10.1. The Balaban J connectivity index is 1.95. The third kappa shape index (κ3) is 4.09. The van der Waals surface area contributed by atoms with Gasteiger partial charge < -0.3 is 16.4 Å². The Morgan fingerprint density at radius 3 is 2.55 bits per heavy atom. The molecule has 5 nitrogen and oxygen atoms in total. The minimum Gasteiger partial charge on any atom is -0.376 e. The Kier molecular flexibility index (Phi) is 4.78. The monoisotopic (exact) mass is 297 g/mol. The number of amides is 2. The number of nitrogens with two attached hydrogens (primary N) is 1. The summed E-state index contributed by atoms with van der Waals surface area (Å²) in [5.74, 6) is -0.653. The molecule has 0 saturated heterocycles. The van der Waals surface area contributed by atoms with Crippen LogP contribution in [-0.2, 0) is 4.79 Å². The van der Waals surface area contributed by atoms with Gasteiger partial charge in [0.2, 0.25) is 11.8 Å². The van der Waals surface area contributed by atoms with E-state index < -0.39 is 5.91 Å². The number of hydrogen-bond donors (Lipinski definition) is 3. The van der Waals surface area contributed by atoms with Crippen molar-refractivity contribution in [2.24, 2.45) is 5.73 Å². The van der Waals surface area contributed by atoms with E-state index in [1.807, 2.05) is 32.0 Å². The first-order valence-electron chi connectivity index (χ1n) is 6.96. The minimum atomic E-state index is -0.497. The first kappa shape index (κ1) is 15.6. The number of rotatable bonds is 5. The summed E-state index contributed by atoms with van der Waals surface area (Å²) in [6.45, 7) is 4.06. The zero-order valence-electron chi connectivity index (χ0n) is 12.6. The van der Waals surface area contributed by atoms with Crippen LogP contribution in [0.3, 0.4) is 0 Å². The fourth-order valence-corrected chi connectivity index (χ4v) is 2.11. The molecule has 0 aliphatic carbocycles. The summed E-state index contributed by atoms with van der Waals surface area (Å²) >= 11 is 0. The van der Waals surface area contributed by atoms with Crippen molar-refractivity contribution in [1.82, 2.24) is 0 Å². The Morgan fingerprint density at radius 2 is 1.86 bits per heavy atom. The molecule has 0 aliphatic heterocycles. The zero-order chi connectivity index (χ0) is 16.1. The molecule has 0 atom stereocenters. The molecule has 0 heterocycles. The number of anilines is 2. The van der Waals surface area contributed by atoms with Gasteiger partial charge in [-0.1, -0.05) is 23.8 Å². The molecule has 5 heteroatoms. The van der Waals surface area contributed by atoms with Crippen molar-refractivity contribution < 1.29 is 9.59 Å².